The lowest BCUT2D eigenvalue weighted by molar-refractivity contribution is 0.152. The average molecular weight is 209 g/mol. The molecule has 1 heteroatoms. The van der Waals surface area contributed by atoms with Gasteiger partial charge in [-0.1, -0.05) is 13.8 Å². The molecule has 0 heterocycles. The number of nitrogens with one attached hydrogen (secondary N) is 1. The summed E-state index contributed by atoms with van der Waals surface area (Å²) in [6.07, 6.45) is 4.50. The molecule has 0 aromatic heterocycles. The first-order valence-electron chi connectivity index (χ1n) is 6.57. The monoisotopic (exact) mass is 209 g/mol. The van der Waals surface area contributed by atoms with Crippen molar-refractivity contribution in [2.45, 2.75) is 59.4 Å². The molecule has 2 saturated carbocycles. The first kappa shape index (κ1) is 11.4. The van der Waals surface area contributed by atoms with Crippen LogP contribution < -0.4 is 5.32 Å². The largest absolute Gasteiger partial charge is 0.312 e. The minimum Gasteiger partial charge on any atom is -0.312 e. The predicted octanol–water partition coefficient (Wildman–Crippen LogP) is 3.45. The smallest absolute Gasteiger partial charge is 0.00967 e. The maximum absolute atomic E-state index is 3.73. The van der Waals surface area contributed by atoms with Crippen molar-refractivity contribution in [2.24, 2.45) is 23.2 Å². The van der Waals surface area contributed by atoms with E-state index in [9.17, 15) is 0 Å². The summed E-state index contributed by atoms with van der Waals surface area (Å²) >= 11 is 0. The van der Waals surface area contributed by atoms with Gasteiger partial charge in [-0.2, -0.15) is 0 Å². The minimum atomic E-state index is 0.272. The van der Waals surface area contributed by atoms with Gasteiger partial charge in [0, 0.05) is 12.1 Å². The fourth-order valence-corrected chi connectivity index (χ4v) is 3.20. The molecule has 2 rings (SSSR count). The van der Waals surface area contributed by atoms with Gasteiger partial charge in [-0.05, 0) is 63.2 Å². The SMILES string of the molecule is CC(C)C1(CNC(C)(C)C)CC2CC2C1. The van der Waals surface area contributed by atoms with Gasteiger partial charge < -0.3 is 5.32 Å². The van der Waals surface area contributed by atoms with E-state index in [1.165, 1.54) is 25.8 Å². The van der Waals surface area contributed by atoms with Crippen molar-refractivity contribution in [3.8, 4) is 0 Å². The van der Waals surface area contributed by atoms with E-state index in [1.54, 1.807) is 0 Å². The van der Waals surface area contributed by atoms with Crippen molar-refractivity contribution in [2.75, 3.05) is 6.54 Å². The van der Waals surface area contributed by atoms with Gasteiger partial charge in [-0.3, -0.25) is 0 Å². The fraction of sp³-hybridized carbons (Fsp3) is 1.00. The van der Waals surface area contributed by atoms with Crippen LogP contribution >= 0.6 is 0 Å². The molecular weight excluding hydrogens is 182 g/mol. The van der Waals surface area contributed by atoms with Crippen LogP contribution in [0.1, 0.15) is 53.9 Å². The highest BCUT2D eigenvalue weighted by atomic mass is 15.0. The van der Waals surface area contributed by atoms with E-state index in [1.807, 2.05) is 0 Å². The summed E-state index contributed by atoms with van der Waals surface area (Å²) in [5.41, 5.74) is 0.884. The quantitative estimate of drug-likeness (QED) is 0.750. The normalized spacial score (nSPS) is 39.6. The second-order valence-corrected chi connectivity index (χ2v) is 7.28. The first-order chi connectivity index (χ1) is 6.82. The van der Waals surface area contributed by atoms with Gasteiger partial charge in [0.15, 0.2) is 0 Å². The van der Waals surface area contributed by atoms with Crippen molar-refractivity contribution in [3.63, 3.8) is 0 Å². The standard InChI is InChI=1S/C14H27N/c1-10(2)14(9-15-13(3,4)5)7-11-6-12(11)8-14/h10-12,15H,6-9H2,1-5H3. The Hall–Kier alpha value is -0.0400. The molecule has 1 nitrogen and oxygen atoms in total. The molecule has 0 amide bonds. The number of hydrogen-bond donors (Lipinski definition) is 1. The van der Waals surface area contributed by atoms with Crippen LogP contribution in [0, 0.1) is 23.2 Å². The molecule has 1 N–H and O–H groups in total. The van der Waals surface area contributed by atoms with Gasteiger partial charge in [0.05, 0.1) is 0 Å². The summed E-state index contributed by atoms with van der Waals surface area (Å²) in [6, 6.07) is 0. The van der Waals surface area contributed by atoms with Gasteiger partial charge >= 0.3 is 0 Å². The van der Waals surface area contributed by atoms with E-state index >= 15 is 0 Å². The van der Waals surface area contributed by atoms with Crippen LogP contribution in [0.2, 0.25) is 0 Å². The Morgan fingerprint density at radius 2 is 1.73 bits per heavy atom. The van der Waals surface area contributed by atoms with Crippen molar-refractivity contribution < 1.29 is 0 Å². The molecular formula is C14H27N. The number of rotatable bonds is 3. The molecule has 2 aliphatic rings. The Bertz CT molecular complexity index is 226. The molecule has 0 saturated heterocycles. The Morgan fingerprint density at radius 1 is 1.20 bits per heavy atom. The predicted molar refractivity (Wildman–Crippen MR) is 65.9 cm³/mol. The van der Waals surface area contributed by atoms with Crippen molar-refractivity contribution in [1.29, 1.82) is 0 Å². The summed E-state index contributed by atoms with van der Waals surface area (Å²) in [4.78, 5) is 0. The van der Waals surface area contributed by atoms with E-state index in [-0.39, 0.29) is 5.54 Å². The van der Waals surface area contributed by atoms with Gasteiger partial charge in [-0.15, -0.1) is 0 Å². The summed E-state index contributed by atoms with van der Waals surface area (Å²) in [6.45, 7) is 12.9. The Labute approximate surface area is 95.0 Å². The molecule has 2 atom stereocenters. The molecule has 0 radical (unpaired) electrons. The first-order valence-corrected chi connectivity index (χ1v) is 6.57. The Morgan fingerprint density at radius 3 is 2.13 bits per heavy atom. The minimum absolute atomic E-state index is 0.272. The van der Waals surface area contributed by atoms with Crippen LogP contribution in [0.3, 0.4) is 0 Å². The van der Waals surface area contributed by atoms with E-state index in [2.05, 4.69) is 39.9 Å². The van der Waals surface area contributed by atoms with Crippen molar-refractivity contribution >= 4 is 0 Å². The zero-order valence-corrected chi connectivity index (χ0v) is 11.1. The molecule has 0 aromatic rings. The molecule has 2 aliphatic carbocycles. The lowest BCUT2D eigenvalue weighted by Crippen LogP contribution is -2.45. The maximum Gasteiger partial charge on any atom is 0.00967 e. The van der Waals surface area contributed by atoms with E-state index in [0.29, 0.717) is 5.41 Å². The highest BCUT2D eigenvalue weighted by Crippen LogP contribution is 2.62. The third-order valence-electron chi connectivity index (χ3n) is 4.60. The van der Waals surface area contributed by atoms with E-state index in [0.717, 1.165) is 17.8 Å². The van der Waals surface area contributed by atoms with Gasteiger partial charge in [0.1, 0.15) is 0 Å². The average Bonchev–Trinajstić information content (AvgIpc) is 2.70. The Balaban J connectivity index is 1.95. The van der Waals surface area contributed by atoms with Crippen LogP contribution in [0.15, 0.2) is 0 Å². The molecule has 88 valence electrons. The summed E-state index contributed by atoms with van der Waals surface area (Å²) in [5, 5.41) is 3.73. The topological polar surface area (TPSA) is 12.0 Å². The Kier molecular flexibility index (Phi) is 2.65. The lowest BCUT2D eigenvalue weighted by atomic mass is 9.73. The van der Waals surface area contributed by atoms with Gasteiger partial charge in [0.25, 0.3) is 0 Å². The fourth-order valence-electron chi connectivity index (χ4n) is 3.20. The molecule has 2 fully saturated rings. The lowest BCUT2D eigenvalue weighted by Gasteiger charge is -2.38. The third-order valence-corrected chi connectivity index (χ3v) is 4.60. The third kappa shape index (κ3) is 2.38. The summed E-state index contributed by atoms with van der Waals surface area (Å²) in [5.74, 6) is 3.02. The number of hydrogen-bond acceptors (Lipinski definition) is 1. The van der Waals surface area contributed by atoms with Crippen LogP contribution in [-0.4, -0.2) is 12.1 Å². The van der Waals surface area contributed by atoms with Crippen LogP contribution in [-0.2, 0) is 0 Å². The second-order valence-electron chi connectivity index (χ2n) is 7.28. The highest BCUT2D eigenvalue weighted by Gasteiger charge is 2.54. The zero-order chi connectivity index (χ0) is 11.3. The van der Waals surface area contributed by atoms with E-state index < -0.39 is 0 Å². The molecule has 2 unspecified atom stereocenters. The number of fused-ring (bicyclic) bond motifs is 1. The summed E-state index contributed by atoms with van der Waals surface area (Å²) in [7, 11) is 0. The van der Waals surface area contributed by atoms with Crippen LogP contribution in [0.5, 0.6) is 0 Å². The zero-order valence-electron chi connectivity index (χ0n) is 11.1. The second kappa shape index (κ2) is 3.48. The highest BCUT2D eigenvalue weighted by molar-refractivity contribution is 5.05. The van der Waals surface area contributed by atoms with Crippen LogP contribution in [0.4, 0.5) is 0 Å². The van der Waals surface area contributed by atoms with Crippen molar-refractivity contribution in [1.82, 2.24) is 5.32 Å². The van der Waals surface area contributed by atoms with Crippen molar-refractivity contribution in [3.05, 3.63) is 0 Å². The van der Waals surface area contributed by atoms with Gasteiger partial charge in [0.2, 0.25) is 0 Å². The molecule has 0 bridgehead atoms. The maximum atomic E-state index is 3.73. The van der Waals surface area contributed by atoms with Gasteiger partial charge in [-0.25, -0.2) is 0 Å². The molecule has 0 aromatic carbocycles. The molecule has 0 spiro atoms. The molecule has 15 heavy (non-hydrogen) atoms. The molecule has 0 aliphatic heterocycles. The summed E-state index contributed by atoms with van der Waals surface area (Å²) < 4.78 is 0. The van der Waals surface area contributed by atoms with E-state index in [4.69, 9.17) is 0 Å². The van der Waals surface area contributed by atoms with Crippen LogP contribution in [0.25, 0.3) is 0 Å².